The number of nitrogens with zero attached hydrogens (tertiary/aromatic N) is 5. The van der Waals surface area contributed by atoms with Crippen molar-refractivity contribution in [3.63, 3.8) is 0 Å². The molecule has 5 heteroatoms. The van der Waals surface area contributed by atoms with Crippen molar-refractivity contribution in [1.29, 1.82) is 0 Å². The van der Waals surface area contributed by atoms with Crippen LogP contribution in [0.2, 0.25) is 0 Å². The topological polar surface area (TPSA) is 35.5 Å². The van der Waals surface area contributed by atoms with Crippen molar-refractivity contribution >= 4 is 5.95 Å². The van der Waals surface area contributed by atoms with E-state index in [4.69, 9.17) is 9.97 Å². The Bertz CT molecular complexity index is 582. The highest BCUT2D eigenvalue weighted by Crippen LogP contribution is 2.27. The van der Waals surface area contributed by atoms with Crippen LogP contribution in [0.25, 0.3) is 0 Å². The van der Waals surface area contributed by atoms with E-state index in [1.807, 2.05) is 0 Å². The van der Waals surface area contributed by atoms with Crippen LogP contribution in [0.4, 0.5) is 5.95 Å². The number of hydrogen-bond donors (Lipinski definition) is 0. The molecule has 164 valence electrons. The summed E-state index contributed by atoms with van der Waals surface area (Å²) in [5.41, 5.74) is 1.23. The lowest BCUT2D eigenvalue weighted by Gasteiger charge is -2.48. The first-order valence-electron chi connectivity index (χ1n) is 12.0. The third kappa shape index (κ3) is 5.91. The Labute approximate surface area is 178 Å². The van der Waals surface area contributed by atoms with Crippen LogP contribution in [0.15, 0.2) is 12.4 Å². The van der Waals surface area contributed by atoms with Crippen LogP contribution in [-0.2, 0) is 6.54 Å². The van der Waals surface area contributed by atoms with Crippen molar-refractivity contribution < 1.29 is 0 Å². The first-order chi connectivity index (χ1) is 14.0. The number of anilines is 1. The van der Waals surface area contributed by atoms with Crippen molar-refractivity contribution in [2.75, 3.05) is 31.6 Å². The maximum atomic E-state index is 4.84. The molecule has 1 aliphatic heterocycles. The summed E-state index contributed by atoms with van der Waals surface area (Å²) in [7, 11) is 2.24. The maximum Gasteiger partial charge on any atom is 0.225 e. The third-order valence-electron chi connectivity index (χ3n) is 7.02. The molecule has 0 bridgehead atoms. The average Bonchev–Trinajstić information content (AvgIpc) is 2.74. The second-order valence-electron chi connectivity index (χ2n) is 9.67. The average molecular weight is 402 g/mol. The molecule has 1 saturated heterocycles. The van der Waals surface area contributed by atoms with Gasteiger partial charge in [0.1, 0.15) is 0 Å². The fraction of sp³-hybridized carbons (Fsp3) is 0.833. The Morgan fingerprint density at radius 3 is 2.10 bits per heavy atom. The lowest BCUT2D eigenvalue weighted by Crippen LogP contribution is -2.60. The molecule has 1 aromatic heterocycles. The van der Waals surface area contributed by atoms with E-state index in [1.54, 1.807) is 0 Å². The molecule has 2 atom stereocenters. The molecule has 2 fully saturated rings. The fourth-order valence-corrected chi connectivity index (χ4v) is 5.24. The van der Waals surface area contributed by atoms with Crippen LogP contribution in [0.1, 0.15) is 78.2 Å². The van der Waals surface area contributed by atoms with Gasteiger partial charge in [-0.3, -0.25) is 4.90 Å². The molecule has 5 nitrogen and oxygen atoms in total. The zero-order chi connectivity index (χ0) is 20.8. The summed E-state index contributed by atoms with van der Waals surface area (Å²) < 4.78 is 0. The van der Waals surface area contributed by atoms with E-state index in [0.29, 0.717) is 18.1 Å². The predicted molar refractivity (Wildman–Crippen MR) is 122 cm³/mol. The van der Waals surface area contributed by atoms with Crippen LogP contribution in [0.3, 0.4) is 0 Å². The molecule has 1 aliphatic carbocycles. The van der Waals surface area contributed by atoms with Crippen molar-refractivity contribution in [3.8, 4) is 0 Å². The quantitative estimate of drug-likeness (QED) is 0.637. The smallest absolute Gasteiger partial charge is 0.225 e. The highest BCUT2D eigenvalue weighted by molar-refractivity contribution is 5.35. The molecule has 2 aliphatic rings. The molecule has 1 aromatic rings. The molecular formula is C24H43N5. The summed E-state index contributed by atoms with van der Waals surface area (Å²) in [5.74, 6) is 1.80. The van der Waals surface area contributed by atoms with Crippen LogP contribution < -0.4 is 4.90 Å². The van der Waals surface area contributed by atoms with E-state index in [0.717, 1.165) is 44.3 Å². The van der Waals surface area contributed by atoms with Gasteiger partial charge in [0.2, 0.25) is 5.95 Å². The van der Waals surface area contributed by atoms with Crippen LogP contribution in [0, 0.1) is 5.92 Å². The minimum Gasteiger partial charge on any atom is -0.332 e. The van der Waals surface area contributed by atoms with Crippen molar-refractivity contribution in [1.82, 2.24) is 19.8 Å². The number of hydrogen-bond acceptors (Lipinski definition) is 5. The fourth-order valence-electron chi connectivity index (χ4n) is 5.24. The SMILES string of the molecule is CCC1CN(C(C)C)CC(CC)N1c1ncc(CN(C)CC2CCCCC2)cn1. The second-order valence-corrected chi connectivity index (χ2v) is 9.67. The zero-order valence-electron chi connectivity index (χ0n) is 19.5. The van der Waals surface area contributed by atoms with E-state index >= 15 is 0 Å². The molecule has 2 unspecified atom stereocenters. The molecule has 29 heavy (non-hydrogen) atoms. The van der Waals surface area contributed by atoms with Gasteiger partial charge >= 0.3 is 0 Å². The van der Waals surface area contributed by atoms with Gasteiger partial charge in [0, 0.05) is 62.3 Å². The summed E-state index contributed by atoms with van der Waals surface area (Å²) in [5, 5.41) is 0. The monoisotopic (exact) mass is 401 g/mol. The lowest BCUT2D eigenvalue weighted by molar-refractivity contribution is 0.147. The van der Waals surface area contributed by atoms with Crippen LogP contribution >= 0.6 is 0 Å². The van der Waals surface area contributed by atoms with Gasteiger partial charge in [-0.1, -0.05) is 33.1 Å². The summed E-state index contributed by atoms with van der Waals surface area (Å²) in [6, 6.07) is 1.59. The standard InChI is InChI=1S/C24H43N5/c1-6-22-17-28(19(3)4)18-23(7-2)29(22)24-25-13-21(14-26-24)16-27(5)15-20-11-9-8-10-12-20/h13-14,19-20,22-23H,6-12,15-18H2,1-5H3. The Balaban J connectivity index is 1.63. The molecule has 0 N–H and O–H groups in total. The van der Waals surface area contributed by atoms with E-state index in [9.17, 15) is 0 Å². The predicted octanol–water partition coefficient (Wildman–Crippen LogP) is 4.58. The van der Waals surface area contributed by atoms with Crippen molar-refractivity contribution in [2.24, 2.45) is 5.92 Å². The van der Waals surface area contributed by atoms with E-state index in [-0.39, 0.29) is 0 Å². The Kier molecular flexibility index (Phi) is 8.31. The van der Waals surface area contributed by atoms with E-state index in [2.05, 4.69) is 61.8 Å². The second kappa shape index (κ2) is 10.7. The highest BCUT2D eigenvalue weighted by atomic mass is 15.4. The minimum absolute atomic E-state index is 0.496. The molecule has 2 heterocycles. The number of rotatable bonds is 8. The van der Waals surface area contributed by atoms with Gasteiger partial charge in [0.15, 0.2) is 0 Å². The molecule has 3 rings (SSSR count). The summed E-state index contributed by atoms with van der Waals surface area (Å²) in [4.78, 5) is 17.3. The first-order valence-corrected chi connectivity index (χ1v) is 12.0. The van der Waals surface area contributed by atoms with Gasteiger partial charge in [-0.05, 0) is 52.5 Å². The van der Waals surface area contributed by atoms with Gasteiger partial charge in [-0.15, -0.1) is 0 Å². The number of piperazine rings is 1. The van der Waals surface area contributed by atoms with E-state index < -0.39 is 0 Å². The summed E-state index contributed by atoms with van der Waals surface area (Å²) >= 11 is 0. The number of aromatic nitrogens is 2. The first kappa shape index (κ1) is 22.5. The Hall–Kier alpha value is -1.20. The summed E-state index contributed by atoms with van der Waals surface area (Å²) in [6.07, 6.45) is 13.5. The largest absolute Gasteiger partial charge is 0.332 e. The Morgan fingerprint density at radius 1 is 1.00 bits per heavy atom. The van der Waals surface area contributed by atoms with Gasteiger partial charge in [0.25, 0.3) is 0 Å². The van der Waals surface area contributed by atoms with Crippen LogP contribution in [-0.4, -0.2) is 64.6 Å². The van der Waals surface area contributed by atoms with Crippen molar-refractivity contribution in [2.45, 2.75) is 97.3 Å². The Morgan fingerprint density at radius 2 is 1.59 bits per heavy atom. The van der Waals surface area contributed by atoms with Gasteiger partial charge < -0.3 is 9.80 Å². The van der Waals surface area contributed by atoms with Gasteiger partial charge in [0.05, 0.1) is 0 Å². The summed E-state index contributed by atoms with van der Waals surface area (Å²) in [6.45, 7) is 13.6. The molecule has 0 radical (unpaired) electrons. The molecule has 0 spiro atoms. The van der Waals surface area contributed by atoms with Gasteiger partial charge in [-0.2, -0.15) is 0 Å². The zero-order valence-corrected chi connectivity index (χ0v) is 19.5. The van der Waals surface area contributed by atoms with Crippen LogP contribution in [0.5, 0.6) is 0 Å². The van der Waals surface area contributed by atoms with Gasteiger partial charge in [-0.25, -0.2) is 9.97 Å². The minimum atomic E-state index is 0.496. The highest BCUT2D eigenvalue weighted by Gasteiger charge is 2.35. The maximum absolute atomic E-state index is 4.84. The third-order valence-corrected chi connectivity index (χ3v) is 7.02. The lowest BCUT2D eigenvalue weighted by atomic mass is 9.89. The normalized spacial score (nSPS) is 24.6. The molecular weight excluding hydrogens is 358 g/mol. The van der Waals surface area contributed by atoms with Crippen molar-refractivity contribution in [3.05, 3.63) is 18.0 Å². The molecule has 0 aromatic carbocycles. The molecule has 0 amide bonds. The molecule has 1 saturated carbocycles. The van der Waals surface area contributed by atoms with E-state index in [1.165, 1.54) is 44.2 Å².